The summed E-state index contributed by atoms with van der Waals surface area (Å²) in [5.74, 6) is 0.988. The highest BCUT2D eigenvalue weighted by atomic mass is 79.9. The molecule has 0 saturated carbocycles. The van der Waals surface area contributed by atoms with E-state index in [9.17, 15) is 4.79 Å². The third-order valence-electron chi connectivity index (χ3n) is 5.41. The summed E-state index contributed by atoms with van der Waals surface area (Å²) in [4.78, 5) is 15.0. The van der Waals surface area contributed by atoms with Crippen LogP contribution in [0, 0.1) is 12.8 Å². The third kappa shape index (κ3) is 4.51. The SMILES string of the molecule is COc1ccc(C)cc1-n1ccc(C(=O)NCC2CCN(c3cccc(Br)c3)C2)n1. The Kier molecular flexibility index (Phi) is 6.08. The number of hydrogen-bond acceptors (Lipinski definition) is 4. The molecule has 0 spiro atoms. The van der Waals surface area contributed by atoms with Gasteiger partial charge >= 0.3 is 0 Å². The number of aryl methyl sites for hydroxylation is 1. The zero-order valence-corrected chi connectivity index (χ0v) is 18.7. The molecule has 30 heavy (non-hydrogen) atoms. The van der Waals surface area contributed by atoms with Gasteiger partial charge in [0.1, 0.15) is 11.4 Å². The predicted octanol–water partition coefficient (Wildman–Crippen LogP) is 4.21. The molecule has 1 unspecified atom stereocenters. The number of anilines is 1. The summed E-state index contributed by atoms with van der Waals surface area (Å²) in [5, 5.41) is 7.50. The van der Waals surface area contributed by atoms with Gasteiger partial charge in [-0.05, 0) is 61.2 Å². The minimum Gasteiger partial charge on any atom is -0.494 e. The third-order valence-corrected chi connectivity index (χ3v) is 5.91. The fraction of sp³-hybridized carbons (Fsp3) is 0.304. The maximum absolute atomic E-state index is 12.6. The fourth-order valence-corrected chi connectivity index (χ4v) is 4.18. The van der Waals surface area contributed by atoms with Gasteiger partial charge in [0.05, 0.1) is 7.11 Å². The van der Waals surface area contributed by atoms with Crippen molar-refractivity contribution in [3.8, 4) is 11.4 Å². The maximum Gasteiger partial charge on any atom is 0.271 e. The van der Waals surface area contributed by atoms with Crippen LogP contribution < -0.4 is 15.0 Å². The van der Waals surface area contributed by atoms with Gasteiger partial charge in [0.15, 0.2) is 5.69 Å². The number of ether oxygens (including phenoxy) is 1. The number of halogens is 1. The second-order valence-corrected chi connectivity index (χ2v) is 8.53. The van der Waals surface area contributed by atoms with Crippen LogP contribution in [0.25, 0.3) is 5.69 Å². The van der Waals surface area contributed by atoms with Crippen LogP contribution in [0.2, 0.25) is 0 Å². The number of nitrogens with one attached hydrogen (secondary N) is 1. The number of amides is 1. The van der Waals surface area contributed by atoms with E-state index in [4.69, 9.17) is 4.74 Å². The Morgan fingerprint density at radius 1 is 1.27 bits per heavy atom. The molecule has 2 heterocycles. The van der Waals surface area contributed by atoms with Crippen LogP contribution >= 0.6 is 15.9 Å². The molecule has 0 aliphatic carbocycles. The molecule has 6 nitrogen and oxygen atoms in total. The van der Waals surface area contributed by atoms with Crippen molar-refractivity contribution in [2.24, 2.45) is 5.92 Å². The molecular formula is C23H25BrN4O2. The first-order chi connectivity index (χ1) is 14.5. The number of rotatable bonds is 6. The Balaban J connectivity index is 1.36. The minimum absolute atomic E-state index is 0.152. The van der Waals surface area contributed by atoms with Crippen LogP contribution in [0.3, 0.4) is 0 Å². The fourth-order valence-electron chi connectivity index (χ4n) is 3.79. The molecule has 1 aliphatic rings. The normalized spacial score (nSPS) is 16.0. The predicted molar refractivity (Wildman–Crippen MR) is 122 cm³/mol. The van der Waals surface area contributed by atoms with Crippen molar-refractivity contribution in [2.75, 3.05) is 31.6 Å². The van der Waals surface area contributed by atoms with E-state index in [0.717, 1.165) is 35.2 Å². The molecular weight excluding hydrogens is 444 g/mol. The van der Waals surface area contributed by atoms with Gasteiger partial charge in [-0.2, -0.15) is 5.10 Å². The monoisotopic (exact) mass is 468 g/mol. The van der Waals surface area contributed by atoms with Crippen molar-refractivity contribution in [3.05, 3.63) is 70.5 Å². The summed E-state index contributed by atoms with van der Waals surface area (Å²) < 4.78 is 8.19. The number of methoxy groups -OCH3 is 1. The number of carbonyl (C=O) groups excluding carboxylic acids is 1. The summed E-state index contributed by atoms with van der Waals surface area (Å²) >= 11 is 3.53. The molecule has 0 radical (unpaired) electrons. The number of aromatic nitrogens is 2. The molecule has 1 atom stereocenters. The van der Waals surface area contributed by atoms with Gasteiger partial charge in [-0.25, -0.2) is 4.68 Å². The molecule has 1 amide bonds. The first-order valence-corrected chi connectivity index (χ1v) is 10.8. The van der Waals surface area contributed by atoms with Gasteiger partial charge in [-0.15, -0.1) is 0 Å². The van der Waals surface area contributed by atoms with E-state index >= 15 is 0 Å². The van der Waals surface area contributed by atoms with Gasteiger partial charge in [-0.1, -0.05) is 28.1 Å². The summed E-state index contributed by atoms with van der Waals surface area (Å²) in [6.07, 6.45) is 2.85. The molecule has 7 heteroatoms. The van der Waals surface area contributed by atoms with Crippen LogP contribution in [0.1, 0.15) is 22.5 Å². The number of benzene rings is 2. The number of carbonyl (C=O) groups is 1. The second-order valence-electron chi connectivity index (χ2n) is 7.61. The highest BCUT2D eigenvalue weighted by Gasteiger charge is 2.24. The summed E-state index contributed by atoms with van der Waals surface area (Å²) in [6.45, 7) is 4.59. The molecule has 4 rings (SSSR count). The van der Waals surface area contributed by atoms with Crippen molar-refractivity contribution in [1.29, 1.82) is 0 Å². The van der Waals surface area contributed by atoms with Crippen LogP contribution in [0.15, 0.2) is 59.2 Å². The average molecular weight is 469 g/mol. The van der Waals surface area contributed by atoms with Gasteiger partial charge in [-0.3, -0.25) is 4.79 Å². The average Bonchev–Trinajstić information content (AvgIpc) is 3.42. The van der Waals surface area contributed by atoms with E-state index in [0.29, 0.717) is 23.9 Å². The topological polar surface area (TPSA) is 59.4 Å². The molecule has 1 N–H and O–H groups in total. The first kappa shape index (κ1) is 20.5. The lowest BCUT2D eigenvalue weighted by Crippen LogP contribution is -2.31. The Morgan fingerprint density at radius 2 is 2.13 bits per heavy atom. The summed E-state index contributed by atoms with van der Waals surface area (Å²) in [7, 11) is 1.63. The van der Waals surface area contributed by atoms with E-state index in [2.05, 4.69) is 43.4 Å². The smallest absolute Gasteiger partial charge is 0.271 e. The molecule has 2 aromatic carbocycles. The minimum atomic E-state index is -0.152. The van der Waals surface area contributed by atoms with Crippen LogP contribution in [0.5, 0.6) is 5.75 Å². The standard InChI is InChI=1S/C23H25BrN4O2/c1-16-6-7-22(30-2)21(12-16)28-11-9-20(26-28)23(29)25-14-17-8-10-27(15-17)19-5-3-4-18(24)13-19/h3-7,9,11-13,17H,8,10,14-15H2,1-2H3,(H,25,29). The second kappa shape index (κ2) is 8.92. The zero-order chi connectivity index (χ0) is 21.1. The zero-order valence-electron chi connectivity index (χ0n) is 17.1. The number of hydrogen-bond donors (Lipinski definition) is 1. The Labute approximate surface area is 185 Å². The number of nitrogens with zero attached hydrogens (tertiary/aromatic N) is 3. The summed E-state index contributed by atoms with van der Waals surface area (Å²) in [6, 6.07) is 16.0. The Morgan fingerprint density at radius 3 is 2.93 bits per heavy atom. The molecule has 3 aromatic rings. The lowest BCUT2D eigenvalue weighted by atomic mass is 10.1. The van der Waals surface area contributed by atoms with Crippen molar-refractivity contribution in [1.82, 2.24) is 15.1 Å². The van der Waals surface area contributed by atoms with Gasteiger partial charge < -0.3 is 15.0 Å². The lowest BCUT2D eigenvalue weighted by Gasteiger charge is -2.19. The van der Waals surface area contributed by atoms with Crippen molar-refractivity contribution < 1.29 is 9.53 Å². The molecule has 1 aromatic heterocycles. The van der Waals surface area contributed by atoms with Crippen LogP contribution in [-0.2, 0) is 0 Å². The lowest BCUT2D eigenvalue weighted by molar-refractivity contribution is 0.0943. The summed E-state index contributed by atoms with van der Waals surface area (Å²) in [5.41, 5.74) is 3.53. The molecule has 1 fully saturated rings. The van der Waals surface area contributed by atoms with Gasteiger partial charge in [0.25, 0.3) is 5.91 Å². The molecule has 1 aliphatic heterocycles. The van der Waals surface area contributed by atoms with E-state index in [1.54, 1.807) is 24.1 Å². The highest BCUT2D eigenvalue weighted by Crippen LogP contribution is 2.26. The van der Waals surface area contributed by atoms with Crippen LogP contribution in [-0.4, -0.2) is 42.4 Å². The Bertz CT molecular complexity index is 1050. The highest BCUT2D eigenvalue weighted by molar-refractivity contribution is 9.10. The van der Waals surface area contributed by atoms with E-state index < -0.39 is 0 Å². The largest absolute Gasteiger partial charge is 0.494 e. The van der Waals surface area contributed by atoms with Crippen LogP contribution in [0.4, 0.5) is 5.69 Å². The maximum atomic E-state index is 12.6. The van der Waals surface area contributed by atoms with Crippen molar-refractivity contribution >= 4 is 27.5 Å². The first-order valence-electron chi connectivity index (χ1n) is 10.0. The molecule has 1 saturated heterocycles. The van der Waals surface area contributed by atoms with Crippen molar-refractivity contribution in [3.63, 3.8) is 0 Å². The van der Waals surface area contributed by atoms with E-state index in [-0.39, 0.29) is 5.91 Å². The van der Waals surface area contributed by atoms with Crippen molar-refractivity contribution in [2.45, 2.75) is 13.3 Å². The molecule has 0 bridgehead atoms. The quantitative estimate of drug-likeness (QED) is 0.588. The van der Waals surface area contributed by atoms with E-state index in [1.165, 1.54) is 5.69 Å². The Hall–Kier alpha value is -2.80. The molecule has 156 valence electrons. The van der Waals surface area contributed by atoms with E-state index in [1.807, 2.05) is 37.3 Å². The van der Waals surface area contributed by atoms with Gasteiger partial charge in [0, 0.05) is 36.0 Å². The van der Waals surface area contributed by atoms with Gasteiger partial charge in [0.2, 0.25) is 0 Å².